The van der Waals surface area contributed by atoms with E-state index in [0.717, 1.165) is 0 Å². The van der Waals surface area contributed by atoms with E-state index in [1.807, 2.05) is 0 Å². The van der Waals surface area contributed by atoms with Crippen molar-refractivity contribution in [2.24, 2.45) is 0 Å². The van der Waals surface area contributed by atoms with Gasteiger partial charge in [0, 0.05) is 10.9 Å². The molecule has 0 atom stereocenters. The number of aromatic nitrogens is 1. The Hall–Kier alpha value is -2.24. The monoisotopic (exact) mass is 267 g/mol. The van der Waals surface area contributed by atoms with E-state index in [9.17, 15) is 13.6 Å². The highest BCUT2D eigenvalue weighted by Crippen LogP contribution is 2.28. The van der Waals surface area contributed by atoms with Gasteiger partial charge in [-0.2, -0.15) is 8.78 Å². The maximum Gasteiger partial charge on any atom is 0.374 e. The number of ether oxygens (including phenoxy) is 1. The molecule has 1 N–H and O–H groups in total. The summed E-state index contributed by atoms with van der Waals surface area (Å²) in [6, 6.07) is 8.41. The van der Waals surface area contributed by atoms with Crippen molar-refractivity contribution in [2.45, 2.75) is 12.3 Å². The van der Waals surface area contributed by atoms with E-state index in [4.69, 9.17) is 9.84 Å². The molecule has 4 nitrogen and oxygen atoms in total. The normalized spacial score (nSPS) is 11.5. The number of pyridine rings is 1. The smallest absolute Gasteiger partial charge is 0.374 e. The van der Waals surface area contributed by atoms with Crippen LogP contribution in [0.25, 0.3) is 10.9 Å². The molecule has 0 aliphatic rings. The zero-order valence-electron chi connectivity index (χ0n) is 10.1. The van der Waals surface area contributed by atoms with Crippen molar-refractivity contribution >= 4 is 16.9 Å². The van der Waals surface area contributed by atoms with Crippen LogP contribution in [0.1, 0.15) is 5.56 Å². The van der Waals surface area contributed by atoms with Gasteiger partial charge < -0.3 is 9.84 Å². The maximum atomic E-state index is 13.3. The van der Waals surface area contributed by atoms with Crippen molar-refractivity contribution < 1.29 is 23.4 Å². The van der Waals surface area contributed by atoms with Gasteiger partial charge in [0.1, 0.15) is 0 Å². The lowest BCUT2D eigenvalue weighted by molar-refractivity contribution is -0.164. The van der Waals surface area contributed by atoms with Gasteiger partial charge >= 0.3 is 11.9 Å². The van der Waals surface area contributed by atoms with Crippen LogP contribution >= 0.6 is 0 Å². The van der Waals surface area contributed by atoms with Crippen molar-refractivity contribution in [1.82, 2.24) is 4.98 Å². The molecular weight excluding hydrogens is 256 g/mol. The molecule has 6 heteroatoms. The van der Waals surface area contributed by atoms with Gasteiger partial charge in [0.25, 0.3) is 0 Å². The van der Waals surface area contributed by atoms with Crippen molar-refractivity contribution in [3.63, 3.8) is 0 Å². The molecule has 1 aromatic heterocycles. The van der Waals surface area contributed by atoms with Crippen molar-refractivity contribution in [3.8, 4) is 5.88 Å². The molecule has 0 radical (unpaired) electrons. The van der Waals surface area contributed by atoms with E-state index in [1.165, 1.54) is 13.2 Å². The number of halogens is 2. The summed E-state index contributed by atoms with van der Waals surface area (Å²) < 4.78 is 31.5. The lowest BCUT2D eigenvalue weighted by Crippen LogP contribution is -2.30. The third-order valence-electron chi connectivity index (χ3n) is 2.68. The summed E-state index contributed by atoms with van der Waals surface area (Å²) in [5.41, 5.74) is 0.662. The summed E-state index contributed by atoms with van der Waals surface area (Å²) in [7, 11) is 1.31. The third-order valence-corrected chi connectivity index (χ3v) is 2.68. The second-order valence-corrected chi connectivity index (χ2v) is 4.04. The number of aliphatic carboxylic acids is 1. The van der Waals surface area contributed by atoms with Crippen LogP contribution in [0, 0.1) is 0 Å². The minimum atomic E-state index is -3.85. The molecule has 0 saturated heterocycles. The molecular formula is C13H11F2NO3. The van der Waals surface area contributed by atoms with E-state index >= 15 is 0 Å². The largest absolute Gasteiger partial charge is 0.481 e. The van der Waals surface area contributed by atoms with Gasteiger partial charge in [0.05, 0.1) is 19.0 Å². The number of carboxylic acid groups (broad SMARTS) is 1. The van der Waals surface area contributed by atoms with Gasteiger partial charge in [-0.3, -0.25) is 0 Å². The van der Waals surface area contributed by atoms with Gasteiger partial charge in [0.2, 0.25) is 5.88 Å². The number of rotatable bonds is 4. The summed E-state index contributed by atoms with van der Waals surface area (Å²) >= 11 is 0. The molecule has 100 valence electrons. The Kier molecular flexibility index (Phi) is 3.33. The van der Waals surface area contributed by atoms with Crippen LogP contribution in [0.4, 0.5) is 8.78 Å². The second kappa shape index (κ2) is 4.79. The van der Waals surface area contributed by atoms with E-state index in [-0.39, 0.29) is 11.4 Å². The van der Waals surface area contributed by atoms with Crippen LogP contribution in [0.15, 0.2) is 30.3 Å². The summed E-state index contributed by atoms with van der Waals surface area (Å²) in [6.07, 6.45) is -0.955. The standard InChI is InChI=1S/C13H11F2NO3/c1-19-11-9(7-13(14,15)12(17)18)6-8-4-2-3-5-10(8)16-11/h2-6H,7H2,1H3,(H,17,18). The number of carbonyl (C=O) groups is 1. The topological polar surface area (TPSA) is 59.4 Å². The van der Waals surface area contributed by atoms with Gasteiger partial charge in [-0.05, 0) is 12.1 Å². The molecule has 2 aromatic rings. The first-order valence-corrected chi connectivity index (χ1v) is 5.48. The Morgan fingerprint density at radius 2 is 2.11 bits per heavy atom. The van der Waals surface area contributed by atoms with Crippen molar-refractivity contribution in [2.75, 3.05) is 7.11 Å². The highest BCUT2D eigenvalue weighted by atomic mass is 19.3. The summed E-state index contributed by atoms with van der Waals surface area (Å²) in [5.74, 6) is -6.00. The quantitative estimate of drug-likeness (QED) is 0.924. The van der Waals surface area contributed by atoms with Gasteiger partial charge in [0.15, 0.2) is 0 Å². The van der Waals surface area contributed by atoms with Crippen LogP contribution in [0.5, 0.6) is 5.88 Å². The molecule has 0 saturated carbocycles. The lowest BCUT2D eigenvalue weighted by atomic mass is 10.1. The second-order valence-electron chi connectivity index (χ2n) is 4.04. The van der Waals surface area contributed by atoms with Crippen LogP contribution in [0.2, 0.25) is 0 Å². The molecule has 2 rings (SSSR count). The van der Waals surface area contributed by atoms with Gasteiger partial charge in [-0.25, -0.2) is 9.78 Å². The minimum Gasteiger partial charge on any atom is -0.481 e. The Labute approximate surface area is 107 Å². The highest BCUT2D eigenvalue weighted by molar-refractivity contribution is 5.81. The molecule has 0 amide bonds. The van der Waals surface area contributed by atoms with Gasteiger partial charge in [-0.15, -0.1) is 0 Å². The maximum absolute atomic E-state index is 13.3. The number of para-hydroxylation sites is 1. The summed E-state index contributed by atoms with van der Waals surface area (Å²) in [5, 5.41) is 9.12. The molecule has 1 heterocycles. The zero-order valence-corrected chi connectivity index (χ0v) is 10.1. The van der Waals surface area contributed by atoms with Crippen LogP contribution in [-0.4, -0.2) is 29.1 Å². The predicted molar refractivity (Wildman–Crippen MR) is 64.6 cm³/mol. The predicted octanol–water partition coefficient (Wildman–Crippen LogP) is 2.51. The molecule has 0 bridgehead atoms. The molecule has 0 spiro atoms. The molecule has 1 aromatic carbocycles. The fourth-order valence-electron chi connectivity index (χ4n) is 1.76. The third kappa shape index (κ3) is 2.62. The fraction of sp³-hybridized carbons (Fsp3) is 0.231. The zero-order chi connectivity index (χ0) is 14.0. The van der Waals surface area contributed by atoms with E-state index in [1.54, 1.807) is 24.3 Å². The average Bonchev–Trinajstić information content (AvgIpc) is 2.37. The Morgan fingerprint density at radius 3 is 2.74 bits per heavy atom. The number of methoxy groups -OCH3 is 1. The lowest BCUT2D eigenvalue weighted by Gasteiger charge is -2.14. The molecule has 0 aliphatic carbocycles. The molecule has 0 fully saturated rings. The number of fused-ring (bicyclic) bond motifs is 1. The van der Waals surface area contributed by atoms with E-state index in [0.29, 0.717) is 10.9 Å². The number of hydrogen-bond acceptors (Lipinski definition) is 3. The summed E-state index contributed by atoms with van der Waals surface area (Å²) in [4.78, 5) is 14.6. The van der Waals surface area contributed by atoms with Crippen LogP contribution in [-0.2, 0) is 11.2 Å². The average molecular weight is 267 g/mol. The molecule has 0 aliphatic heterocycles. The fourth-order valence-corrected chi connectivity index (χ4v) is 1.76. The Morgan fingerprint density at radius 1 is 1.42 bits per heavy atom. The van der Waals surface area contributed by atoms with Crippen LogP contribution < -0.4 is 4.74 Å². The highest BCUT2D eigenvalue weighted by Gasteiger charge is 2.40. The van der Waals surface area contributed by atoms with Crippen molar-refractivity contribution in [1.29, 1.82) is 0 Å². The first kappa shape index (κ1) is 13.2. The number of hydrogen-bond donors (Lipinski definition) is 1. The number of carboxylic acids is 1. The van der Waals surface area contributed by atoms with E-state index in [2.05, 4.69) is 4.98 Å². The first-order valence-electron chi connectivity index (χ1n) is 5.48. The van der Waals surface area contributed by atoms with Crippen LogP contribution in [0.3, 0.4) is 0 Å². The molecule has 19 heavy (non-hydrogen) atoms. The molecule has 0 unspecified atom stereocenters. The Bertz CT molecular complexity index is 628. The SMILES string of the molecule is COc1nc2ccccc2cc1CC(F)(F)C(=O)O. The minimum absolute atomic E-state index is 0.0135. The Balaban J connectivity index is 2.50. The van der Waals surface area contributed by atoms with Gasteiger partial charge in [-0.1, -0.05) is 18.2 Å². The number of benzene rings is 1. The number of nitrogens with zero attached hydrogens (tertiary/aromatic N) is 1. The first-order chi connectivity index (χ1) is 8.94. The van der Waals surface area contributed by atoms with Crippen molar-refractivity contribution in [3.05, 3.63) is 35.9 Å². The number of alkyl halides is 2. The van der Waals surface area contributed by atoms with E-state index < -0.39 is 18.3 Å². The summed E-state index contributed by atoms with van der Waals surface area (Å²) in [6.45, 7) is 0.